The highest BCUT2D eigenvalue weighted by Crippen LogP contribution is 2.35. The minimum Gasteiger partial charge on any atom is -0.493 e. The molecule has 34 heavy (non-hydrogen) atoms. The van der Waals surface area contributed by atoms with Gasteiger partial charge in [-0.05, 0) is 54.4 Å². The fraction of sp³-hybridized carbons (Fsp3) is 0.222. The van der Waals surface area contributed by atoms with Crippen molar-refractivity contribution in [1.82, 2.24) is 4.90 Å². The van der Waals surface area contributed by atoms with E-state index in [9.17, 15) is 4.79 Å². The third kappa shape index (κ3) is 4.00. The van der Waals surface area contributed by atoms with Crippen molar-refractivity contribution in [3.05, 3.63) is 86.7 Å². The predicted molar refractivity (Wildman–Crippen MR) is 132 cm³/mol. The number of hydrogen-bond donors (Lipinski definition) is 0. The lowest BCUT2D eigenvalue weighted by molar-refractivity contribution is 0.0889. The Hall–Kier alpha value is -3.48. The minimum atomic E-state index is -0.0686. The molecule has 1 aliphatic heterocycles. The first-order chi connectivity index (χ1) is 16.5. The van der Waals surface area contributed by atoms with Crippen LogP contribution in [0.2, 0.25) is 5.02 Å². The molecule has 4 aromatic rings. The first kappa shape index (κ1) is 22.3. The van der Waals surface area contributed by atoms with Crippen molar-refractivity contribution in [1.29, 1.82) is 0 Å². The number of aryl methyl sites for hydroxylation is 1. The van der Waals surface area contributed by atoms with Crippen molar-refractivity contribution < 1.29 is 18.6 Å². The molecule has 174 valence electrons. The number of ether oxygens (including phenoxy) is 3. The molecule has 7 heteroatoms. The first-order valence-electron chi connectivity index (χ1n) is 10.9. The van der Waals surface area contributed by atoms with Crippen molar-refractivity contribution in [2.45, 2.75) is 20.0 Å². The van der Waals surface area contributed by atoms with Crippen LogP contribution < -0.4 is 19.6 Å². The Morgan fingerprint density at radius 1 is 1.00 bits per heavy atom. The molecule has 0 radical (unpaired) electrons. The number of methoxy groups -OCH3 is 2. The minimum absolute atomic E-state index is 0.0686. The molecule has 1 aromatic heterocycles. The molecule has 0 atom stereocenters. The topological polar surface area (TPSA) is 61.1 Å². The smallest absolute Gasteiger partial charge is 0.200 e. The van der Waals surface area contributed by atoms with Crippen LogP contribution in [0.5, 0.6) is 17.2 Å². The van der Waals surface area contributed by atoms with E-state index in [-0.39, 0.29) is 5.43 Å². The molecule has 0 N–H and O–H groups in total. The van der Waals surface area contributed by atoms with Crippen molar-refractivity contribution in [2.24, 2.45) is 0 Å². The summed E-state index contributed by atoms with van der Waals surface area (Å²) in [6.07, 6.45) is 0. The van der Waals surface area contributed by atoms with E-state index >= 15 is 0 Å². The lowest BCUT2D eigenvalue weighted by Gasteiger charge is -2.29. The van der Waals surface area contributed by atoms with Gasteiger partial charge in [0.1, 0.15) is 23.8 Å². The van der Waals surface area contributed by atoms with E-state index in [1.807, 2.05) is 43.3 Å². The van der Waals surface area contributed by atoms with Crippen LogP contribution in [0.1, 0.15) is 16.9 Å². The highest BCUT2D eigenvalue weighted by Gasteiger charge is 2.24. The molecule has 0 aliphatic carbocycles. The van der Waals surface area contributed by atoms with Gasteiger partial charge in [-0.1, -0.05) is 29.8 Å². The van der Waals surface area contributed by atoms with Gasteiger partial charge in [0.25, 0.3) is 0 Å². The van der Waals surface area contributed by atoms with E-state index in [0.29, 0.717) is 58.6 Å². The summed E-state index contributed by atoms with van der Waals surface area (Å²) in [5.41, 5.74) is 3.75. The standard InChI is InChI=1S/C27H24ClNO5/c1-16-25(18-5-7-19(28)8-6-18)26(30)20-9-11-22-21(27(20)34-16)14-29(15-33-22)13-17-4-10-23(31-2)24(12-17)32-3/h4-12H,13-15H2,1-3H3. The molecule has 3 aromatic carbocycles. The van der Waals surface area contributed by atoms with E-state index in [2.05, 4.69) is 4.90 Å². The van der Waals surface area contributed by atoms with E-state index < -0.39 is 0 Å². The Balaban J connectivity index is 1.50. The van der Waals surface area contributed by atoms with Crippen molar-refractivity contribution in [3.63, 3.8) is 0 Å². The van der Waals surface area contributed by atoms with Gasteiger partial charge in [-0.3, -0.25) is 9.69 Å². The number of nitrogens with zero attached hydrogens (tertiary/aromatic N) is 1. The molecule has 0 fully saturated rings. The lowest BCUT2D eigenvalue weighted by atomic mass is 10.0. The highest BCUT2D eigenvalue weighted by molar-refractivity contribution is 6.30. The summed E-state index contributed by atoms with van der Waals surface area (Å²) >= 11 is 6.02. The summed E-state index contributed by atoms with van der Waals surface area (Å²) in [6, 6.07) is 16.7. The number of benzene rings is 3. The average molecular weight is 478 g/mol. The maximum atomic E-state index is 13.5. The molecule has 0 amide bonds. The van der Waals surface area contributed by atoms with Gasteiger partial charge >= 0.3 is 0 Å². The van der Waals surface area contributed by atoms with Gasteiger partial charge < -0.3 is 18.6 Å². The molecule has 2 heterocycles. The zero-order chi connectivity index (χ0) is 23.8. The van der Waals surface area contributed by atoms with Crippen molar-refractivity contribution >= 4 is 22.6 Å². The van der Waals surface area contributed by atoms with E-state index in [1.165, 1.54) is 0 Å². The maximum Gasteiger partial charge on any atom is 0.200 e. The largest absolute Gasteiger partial charge is 0.493 e. The average Bonchev–Trinajstić information content (AvgIpc) is 2.85. The molecular formula is C27H24ClNO5. The highest BCUT2D eigenvalue weighted by atomic mass is 35.5. The van der Waals surface area contributed by atoms with Gasteiger partial charge in [0, 0.05) is 18.1 Å². The maximum absolute atomic E-state index is 13.5. The monoisotopic (exact) mass is 477 g/mol. The van der Waals surface area contributed by atoms with Crippen molar-refractivity contribution in [2.75, 3.05) is 21.0 Å². The zero-order valence-electron chi connectivity index (χ0n) is 19.2. The van der Waals surface area contributed by atoms with E-state index in [0.717, 1.165) is 22.4 Å². The quantitative estimate of drug-likeness (QED) is 0.362. The lowest BCUT2D eigenvalue weighted by Crippen LogP contribution is -2.31. The number of fused-ring (bicyclic) bond motifs is 3. The van der Waals surface area contributed by atoms with Gasteiger partial charge in [0.05, 0.1) is 30.7 Å². The van der Waals surface area contributed by atoms with Crippen LogP contribution in [0, 0.1) is 6.92 Å². The van der Waals surface area contributed by atoms with Gasteiger partial charge in [-0.15, -0.1) is 0 Å². The molecule has 0 saturated heterocycles. The summed E-state index contributed by atoms with van der Waals surface area (Å²) in [7, 11) is 3.24. The number of rotatable bonds is 5. The van der Waals surface area contributed by atoms with Gasteiger partial charge in [-0.2, -0.15) is 0 Å². The third-order valence-corrected chi connectivity index (χ3v) is 6.32. The Bertz CT molecular complexity index is 1430. The number of halogens is 1. The summed E-state index contributed by atoms with van der Waals surface area (Å²) in [5.74, 6) is 2.66. The summed E-state index contributed by atoms with van der Waals surface area (Å²) in [6.45, 7) is 3.47. The van der Waals surface area contributed by atoms with Gasteiger partial charge in [0.2, 0.25) is 5.43 Å². The second kappa shape index (κ2) is 9.05. The molecular weight excluding hydrogens is 454 g/mol. The van der Waals surface area contributed by atoms with Crippen LogP contribution in [0.3, 0.4) is 0 Å². The molecule has 0 saturated carbocycles. The second-order valence-corrected chi connectivity index (χ2v) is 8.67. The summed E-state index contributed by atoms with van der Waals surface area (Å²) < 4.78 is 23.0. The second-order valence-electron chi connectivity index (χ2n) is 8.24. The van der Waals surface area contributed by atoms with Gasteiger partial charge in [-0.25, -0.2) is 0 Å². The summed E-state index contributed by atoms with van der Waals surface area (Å²) in [4.78, 5) is 15.6. The number of hydrogen-bond acceptors (Lipinski definition) is 6. The normalized spacial score (nSPS) is 13.4. The predicted octanol–water partition coefficient (Wildman–Crippen LogP) is 5.79. The third-order valence-electron chi connectivity index (χ3n) is 6.07. The Morgan fingerprint density at radius 2 is 1.76 bits per heavy atom. The molecule has 5 rings (SSSR count). The molecule has 0 bridgehead atoms. The molecule has 0 unspecified atom stereocenters. The van der Waals surface area contributed by atoms with Crippen LogP contribution in [-0.4, -0.2) is 25.9 Å². The Morgan fingerprint density at radius 3 is 2.50 bits per heavy atom. The van der Waals surface area contributed by atoms with Crippen LogP contribution in [0.25, 0.3) is 22.1 Å². The van der Waals surface area contributed by atoms with Gasteiger partial charge in [0.15, 0.2) is 11.5 Å². The molecule has 1 aliphatic rings. The van der Waals surface area contributed by atoms with Crippen LogP contribution >= 0.6 is 11.6 Å². The Labute approximate surface area is 202 Å². The van der Waals surface area contributed by atoms with E-state index in [4.69, 9.17) is 30.2 Å². The molecule has 0 spiro atoms. The SMILES string of the molecule is COc1ccc(CN2COc3ccc4c(=O)c(-c5ccc(Cl)cc5)c(C)oc4c3C2)cc1OC. The first-order valence-corrected chi connectivity index (χ1v) is 11.3. The van der Waals surface area contributed by atoms with Crippen LogP contribution in [-0.2, 0) is 13.1 Å². The Kier molecular flexibility index (Phi) is 5.94. The molecule has 6 nitrogen and oxygen atoms in total. The fourth-order valence-electron chi connectivity index (χ4n) is 4.41. The van der Waals surface area contributed by atoms with Crippen molar-refractivity contribution in [3.8, 4) is 28.4 Å². The fourth-order valence-corrected chi connectivity index (χ4v) is 4.53. The van der Waals surface area contributed by atoms with Crippen LogP contribution in [0.4, 0.5) is 0 Å². The van der Waals surface area contributed by atoms with Crippen LogP contribution in [0.15, 0.2) is 63.8 Å². The zero-order valence-corrected chi connectivity index (χ0v) is 19.9. The summed E-state index contributed by atoms with van der Waals surface area (Å²) in [5, 5.41) is 1.15. The van der Waals surface area contributed by atoms with E-state index in [1.54, 1.807) is 32.4 Å².